The van der Waals surface area contributed by atoms with Crippen molar-refractivity contribution in [2.24, 2.45) is 5.92 Å². The topological polar surface area (TPSA) is 79.4 Å². The summed E-state index contributed by atoms with van der Waals surface area (Å²) in [7, 11) is -0.474. The van der Waals surface area contributed by atoms with Crippen LogP contribution in [0.5, 0.6) is 0 Å². The Morgan fingerprint density at radius 2 is 2.10 bits per heavy atom. The van der Waals surface area contributed by atoms with Gasteiger partial charge in [0.25, 0.3) is 0 Å². The second kappa shape index (κ2) is 5.04. The molecule has 1 aromatic heterocycles. The highest BCUT2D eigenvalue weighted by Gasteiger charge is 2.30. The molecule has 1 heterocycles. The molecular formula is C13H15N3O3S2. The zero-order chi connectivity index (χ0) is 15.2. The van der Waals surface area contributed by atoms with Gasteiger partial charge in [0.1, 0.15) is 0 Å². The number of sulfonamides is 1. The van der Waals surface area contributed by atoms with E-state index < -0.39 is 10.0 Å². The Hall–Kier alpha value is -1.51. The molecular weight excluding hydrogens is 310 g/mol. The van der Waals surface area contributed by atoms with E-state index in [9.17, 15) is 13.2 Å². The molecule has 0 spiro atoms. The van der Waals surface area contributed by atoms with Gasteiger partial charge in [-0.25, -0.2) is 17.7 Å². The van der Waals surface area contributed by atoms with Crippen molar-refractivity contribution in [3.63, 3.8) is 0 Å². The zero-order valence-corrected chi connectivity index (χ0v) is 13.3. The summed E-state index contributed by atoms with van der Waals surface area (Å²) in [5, 5.41) is 3.30. The quantitative estimate of drug-likeness (QED) is 0.931. The smallest absolute Gasteiger partial charge is 0.242 e. The molecule has 3 rings (SSSR count). The van der Waals surface area contributed by atoms with Crippen LogP contribution >= 0.6 is 11.3 Å². The van der Waals surface area contributed by atoms with Crippen LogP contribution < -0.4 is 5.32 Å². The molecule has 21 heavy (non-hydrogen) atoms. The minimum absolute atomic E-state index is 0.00445. The lowest BCUT2D eigenvalue weighted by molar-refractivity contribution is -0.117. The summed E-state index contributed by atoms with van der Waals surface area (Å²) in [6.07, 6.45) is 1.86. The van der Waals surface area contributed by atoms with Gasteiger partial charge in [0.05, 0.1) is 15.1 Å². The molecule has 1 N–H and O–H groups in total. The number of hydrogen-bond donors (Lipinski definition) is 1. The maximum atomic E-state index is 12.1. The van der Waals surface area contributed by atoms with Crippen LogP contribution in [-0.2, 0) is 14.8 Å². The third-order valence-electron chi connectivity index (χ3n) is 3.32. The van der Waals surface area contributed by atoms with Crippen LogP contribution in [-0.4, -0.2) is 37.7 Å². The second-order valence-electron chi connectivity index (χ2n) is 5.20. The van der Waals surface area contributed by atoms with E-state index in [1.807, 2.05) is 0 Å². The fraction of sp³-hybridized carbons (Fsp3) is 0.385. The van der Waals surface area contributed by atoms with Crippen molar-refractivity contribution in [1.29, 1.82) is 0 Å². The van der Waals surface area contributed by atoms with Gasteiger partial charge in [-0.05, 0) is 31.0 Å². The number of carbonyl (C=O) groups excluding carboxylic acids is 1. The average Bonchev–Trinajstić information content (AvgIpc) is 3.19. The van der Waals surface area contributed by atoms with E-state index >= 15 is 0 Å². The maximum Gasteiger partial charge on any atom is 0.242 e. The van der Waals surface area contributed by atoms with E-state index in [4.69, 9.17) is 0 Å². The van der Waals surface area contributed by atoms with Crippen LogP contribution in [0, 0.1) is 5.92 Å². The fourth-order valence-electron chi connectivity index (χ4n) is 1.88. The first-order chi connectivity index (χ1) is 9.88. The van der Waals surface area contributed by atoms with Gasteiger partial charge < -0.3 is 5.32 Å². The van der Waals surface area contributed by atoms with Crippen LogP contribution in [0.4, 0.5) is 5.13 Å². The molecule has 8 heteroatoms. The molecule has 1 aliphatic carbocycles. The van der Waals surface area contributed by atoms with E-state index in [2.05, 4.69) is 10.3 Å². The minimum Gasteiger partial charge on any atom is -0.302 e. The van der Waals surface area contributed by atoms with Gasteiger partial charge in [0.15, 0.2) is 5.13 Å². The van der Waals surface area contributed by atoms with E-state index in [0.29, 0.717) is 10.6 Å². The molecule has 1 aliphatic rings. The van der Waals surface area contributed by atoms with E-state index in [0.717, 1.165) is 17.5 Å². The maximum absolute atomic E-state index is 12.1. The third kappa shape index (κ3) is 2.78. The summed E-state index contributed by atoms with van der Waals surface area (Å²) in [6, 6.07) is 4.79. The number of benzene rings is 1. The number of rotatable bonds is 4. The molecule has 0 aliphatic heterocycles. The lowest BCUT2D eigenvalue weighted by Gasteiger charge is -2.10. The van der Waals surface area contributed by atoms with Crippen LogP contribution in [0.25, 0.3) is 10.2 Å². The summed E-state index contributed by atoms with van der Waals surface area (Å²) < 4.78 is 26.1. The Labute approximate surface area is 126 Å². The molecule has 1 amide bonds. The number of amides is 1. The molecule has 0 atom stereocenters. The van der Waals surface area contributed by atoms with Crippen molar-refractivity contribution in [3.05, 3.63) is 18.2 Å². The lowest BCUT2D eigenvalue weighted by atomic mass is 10.3. The fourth-order valence-corrected chi connectivity index (χ4v) is 3.79. The lowest BCUT2D eigenvalue weighted by Crippen LogP contribution is -2.22. The van der Waals surface area contributed by atoms with Crippen molar-refractivity contribution in [1.82, 2.24) is 9.29 Å². The second-order valence-corrected chi connectivity index (χ2v) is 8.38. The SMILES string of the molecule is CN(C)S(=O)(=O)c1ccc2nc(NC(=O)C3CC3)sc2c1. The highest BCUT2D eigenvalue weighted by atomic mass is 32.2. The number of thiazole rings is 1. The summed E-state index contributed by atoms with van der Waals surface area (Å²) in [5.74, 6) is 0.108. The van der Waals surface area contributed by atoms with Crippen molar-refractivity contribution in [3.8, 4) is 0 Å². The Morgan fingerprint density at radius 3 is 2.71 bits per heavy atom. The zero-order valence-electron chi connectivity index (χ0n) is 11.7. The molecule has 0 unspecified atom stereocenters. The van der Waals surface area contributed by atoms with Crippen LogP contribution in [0.3, 0.4) is 0 Å². The predicted molar refractivity (Wildman–Crippen MR) is 81.8 cm³/mol. The summed E-state index contributed by atoms with van der Waals surface area (Å²) >= 11 is 1.29. The molecule has 0 saturated heterocycles. The van der Waals surface area contributed by atoms with Crippen LogP contribution in [0.1, 0.15) is 12.8 Å². The Kier molecular flexibility index (Phi) is 3.46. The molecule has 1 aromatic carbocycles. The average molecular weight is 325 g/mol. The van der Waals surface area contributed by atoms with Crippen LogP contribution in [0.15, 0.2) is 23.1 Å². The predicted octanol–water partition coefficient (Wildman–Crippen LogP) is 1.90. The summed E-state index contributed by atoms with van der Waals surface area (Å²) in [6.45, 7) is 0. The molecule has 112 valence electrons. The number of hydrogen-bond acceptors (Lipinski definition) is 5. The van der Waals surface area contributed by atoms with Crippen molar-refractivity contribution >= 4 is 42.6 Å². The number of carbonyl (C=O) groups is 1. The molecule has 1 fully saturated rings. The van der Waals surface area contributed by atoms with Crippen molar-refractivity contribution < 1.29 is 13.2 Å². The number of nitrogens with zero attached hydrogens (tertiary/aromatic N) is 2. The largest absolute Gasteiger partial charge is 0.302 e. The van der Waals surface area contributed by atoms with Gasteiger partial charge in [-0.2, -0.15) is 0 Å². The first kappa shape index (κ1) is 14.4. The Morgan fingerprint density at radius 1 is 1.38 bits per heavy atom. The van der Waals surface area contributed by atoms with E-state index in [1.165, 1.54) is 35.8 Å². The van der Waals surface area contributed by atoms with Crippen LogP contribution in [0.2, 0.25) is 0 Å². The monoisotopic (exact) mass is 325 g/mol. The van der Waals surface area contributed by atoms with Gasteiger partial charge in [-0.1, -0.05) is 11.3 Å². The highest BCUT2D eigenvalue weighted by Crippen LogP contribution is 2.33. The Bertz CT molecular complexity index is 807. The van der Waals surface area contributed by atoms with Crippen molar-refractivity contribution in [2.75, 3.05) is 19.4 Å². The normalized spacial score (nSPS) is 15.6. The van der Waals surface area contributed by atoms with Crippen molar-refractivity contribution in [2.45, 2.75) is 17.7 Å². The molecule has 0 bridgehead atoms. The molecule has 2 aromatic rings. The number of aromatic nitrogens is 1. The van der Waals surface area contributed by atoms with Gasteiger partial charge in [0, 0.05) is 20.0 Å². The first-order valence-electron chi connectivity index (χ1n) is 6.52. The molecule has 6 nitrogen and oxygen atoms in total. The third-order valence-corrected chi connectivity index (χ3v) is 6.06. The molecule has 0 radical (unpaired) electrons. The number of fused-ring (bicyclic) bond motifs is 1. The standard InChI is InChI=1S/C13H15N3O3S2/c1-16(2)21(18,19)9-5-6-10-11(7-9)20-13(14-10)15-12(17)8-3-4-8/h5-8H,3-4H2,1-2H3,(H,14,15,17). The van der Waals surface area contributed by atoms with Gasteiger partial charge in [0.2, 0.25) is 15.9 Å². The van der Waals surface area contributed by atoms with Gasteiger partial charge in [-0.3, -0.25) is 4.79 Å². The van der Waals surface area contributed by atoms with Gasteiger partial charge >= 0.3 is 0 Å². The van der Waals surface area contributed by atoms with Gasteiger partial charge in [-0.15, -0.1) is 0 Å². The minimum atomic E-state index is -3.46. The van der Waals surface area contributed by atoms with E-state index in [-0.39, 0.29) is 16.7 Å². The van der Waals surface area contributed by atoms with E-state index in [1.54, 1.807) is 12.1 Å². The Balaban J connectivity index is 1.93. The summed E-state index contributed by atoms with van der Waals surface area (Å²) in [4.78, 5) is 16.3. The number of nitrogens with one attached hydrogen (secondary N) is 1. The number of anilines is 1. The summed E-state index contributed by atoms with van der Waals surface area (Å²) in [5.41, 5.74) is 0.684. The highest BCUT2D eigenvalue weighted by molar-refractivity contribution is 7.89. The first-order valence-corrected chi connectivity index (χ1v) is 8.77. The molecule has 1 saturated carbocycles.